The second kappa shape index (κ2) is 12.3. The van der Waals surface area contributed by atoms with E-state index in [9.17, 15) is 0 Å². The van der Waals surface area contributed by atoms with Gasteiger partial charge in [-0.15, -0.1) is 11.3 Å². The first-order chi connectivity index (χ1) is 26.8. The van der Waals surface area contributed by atoms with Crippen LogP contribution in [0.1, 0.15) is 0 Å². The summed E-state index contributed by atoms with van der Waals surface area (Å²) in [4.78, 5) is 15.6. The number of furan rings is 1. The molecule has 3 heterocycles. The van der Waals surface area contributed by atoms with E-state index in [2.05, 4.69) is 152 Å². The summed E-state index contributed by atoms with van der Waals surface area (Å²) in [6, 6.07) is 61.5. The molecule has 0 aliphatic rings. The van der Waals surface area contributed by atoms with Gasteiger partial charge in [-0.05, 0) is 63.4 Å². The molecule has 0 radical (unpaired) electrons. The van der Waals surface area contributed by atoms with Crippen molar-refractivity contribution in [1.29, 1.82) is 0 Å². The fourth-order valence-corrected chi connectivity index (χ4v) is 9.03. The van der Waals surface area contributed by atoms with Crippen molar-refractivity contribution >= 4 is 64.2 Å². The summed E-state index contributed by atoms with van der Waals surface area (Å²) in [6.07, 6.45) is 0. The van der Waals surface area contributed by atoms with Crippen molar-refractivity contribution in [2.24, 2.45) is 0 Å². The number of rotatable bonds is 5. The van der Waals surface area contributed by atoms with Crippen LogP contribution in [0.2, 0.25) is 0 Å². The van der Waals surface area contributed by atoms with Crippen molar-refractivity contribution in [3.63, 3.8) is 0 Å². The van der Waals surface area contributed by atoms with Crippen LogP contribution in [0.3, 0.4) is 0 Å². The third-order valence-corrected chi connectivity index (χ3v) is 11.5. The van der Waals surface area contributed by atoms with Crippen LogP contribution in [0, 0.1) is 0 Å². The molecule has 0 saturated carbocycles. The summed E-state index contributed by atoms with van der Waals surface area (Å²) in [5, 5.41) is 6.77. The number of fused-ring (bicyclic) bond motifs is 7. The second-order valence-corrected chi connectivity index (χ2v) is 14.6. The third-order valence-electron chi connectivity index (χ3n) is 10.4. The van der Waals surface area contributed by atoms with E-state index in [-0.39, 0.29) is 0 Å². The minimum atomic E-state index is 0.637. The fraction of sp³-hybridized carbons (Fsp3) is 0. The average molecular weight is 708 g/mol. The Labute approximate surface area is 314 Å². The van der Waals surface area contributed by atoms with Crippen LogP contribution in [0.25, 0.3) is 109 Å². The molecule has 0 fully saturated rings. The van der Waals surface area contributed by atoms with Crippen molar-refractivity contribution in [1.82, 2.24) is 15.0 Å². The molecule has 4 nitrogen and oxygen atoms in total. The first-order valence-corrected chi connectivity index (χ1v) is 18.8. The molecule has 8 aromatic carbocycles. The van der Waals surface area contributed by atoms with Crippen molar-refractivity contribution in [3.05, 3.63) is 176 Å². The molecular weight excluding hydrogens is 679 g/mol. The molecule has 0 saturated heterocycles. The molecule has 0 aliphatic carbocycles. The lowest BCUT2D eigenvalue weighted by molar-refractivity contribution is 0.669. The van der Waals surface area contributed by atoms with Crippen molar-refractivity contribution in [2.75, 3.05) is 0 Å². The van der Waals surface area contributed by atoms with E-state index in [0.29, 0.717) is 17.5 Å². The van der Waals surface area contributed by atoms with Crippen LogP contribution in [0.5, 0.6) is 0 Å². The van der Waals surface area contributed by atoms with Crippen LogP contribution < -0.4 is 0 Å². The van der Waals surface area contributed by atoms with Crippen LogP contribution >= 0.6 is 11.3 Å². The molecule has 0 amide bonds. The van der Waals surface area contributed by atoms with Gasteiger partial charge in [0.1, 0.15) is 11.2 Å². The highest BCUT2D eigenvalue weighted by Gasteiger charge is 2.20. The van der Waals surface area contributed by atoms with Crippen molar-refractivity contribution in [2.45, 2.75) is 0 Å². The lowest BCUT2D eigenvalue weighted by Gasteiger charge is -2.13. The molecule has 54 heavy (non-hydrogen) atoms. The lowest BCUT2D eigenvalue weighted by Crippen LogP contribution is -2.01. The number of aromatic nitrogens is 3. The first kappa shape index (κ1) is 30.7. The van der Waals surface area contributed by atoms with Gasteiger partial charge < -0.3 is 4.42 Å². The van der Waals surface area contributed by atoms with Gasteiger partial charge >= 0.3 is 0 Å². The van der Waals surface area contributed by atoms with E-state index in [0.717, 1.165) is 66.1 Å². The summed E-state index contributed by atoms with van der Waals surface area (Å²) in [5.41, 5.74) is 9.22. The lowest BCUT2D eigenvalue weighted by atomic mass is 9.92. The molecule has 0 unspecified atom stereocenters. The van der Waals surface area contributed by atoms with Crippen molar-refractivity contribution in [3.8, 4) is 56.4 Å². The van der Waals surface area contributed by atoms with Gasteiger partial charge in [0.2, 0.25) is 0 Å². The Balaban J connectivity index is 1.13. The topological polar surface area (TPSA) is 51.8 Å². The number of hydrogen-bond donors (Lipinski definition) is 0. The SMILES string of the molecule is c1ccc(-c2ccc3oc4cccc(-c5cccc6c(-c7nc(-c8ccccc8)nc(-c8cccc9sc%10ccccc%10c89)n7)cccc56)c4c3c2)cc1. The molecule has 5 heteroatoms. The monoisotopic (exact) mass is 707 g/mol. The van der Waals surface area contributed by atoms with Gasteiger partial charge in [-0.25, -0.2) is 15.0 Å². The molecule has 252 valence electrons. The largest absolute Gasteiger partial charge is 0.456 e. The van der Waals surface area contributed by atoms with Gasteiger partial charge in [0.05, 0.1) is 0 Å². The van der Waals surface area contributed by atoms with E-state index in [1.54, 1.807) is 11.3 Å². The molecule has 0 N–H and O–H groups in total. The maximum atomic E-state index is 6.45. The molecule has 0 bridgehead atoms. The Bertz CT molecular complexity index is 3220. The summed E-state index contributed by atoms with van der Waals surface area (Å²) >= 11 is 1.80. The van der Waals surface area contributed by atoms with Crippen LogP contribution in [-0.2, 0) is 0 Å². The molecule has 0 atom stereocenters. The Morgan fingerprint density at radius 1 is 0.333 bits per heavy atom. The zero-order chi connectivity index (χ0) is 35.6. The van der Waals surface area contributed by atoms with Gasteiger partial charge in [-0.1, -0.05) is 146 Å². The van der Waals surface area contributed by atoms with E-state index >= 15 is 0 Å². The Kier molecular flexibility index (Phi) is 7.00. The summed E-state index contributed by atoms with van der Waals surface area (Å²) in [6.45, 7) is 0. The maximum Gasteiger partial charge on any atom is 0.164 e. The number of benzene rings is 8. The third kappa shape index (κ3) is 4.94. The minimum Gasteiger partial charge on any atom is -0.456 e. The molecule has 3 aromatic heterocycles. The molecule has 11 rings (SSSR count). The summed E-state index contributed by atoms with van der Waals surface area (Å²) in [7, 11) is 0. The Hall–Kier alpha value is -6.95. The molecule has 11 aromatic rings. The maximum absolute atomic E-state index is 6.45. The van der Waals surface area contributed by atoms with Gasteiger partial charge in [-0.3, -0.25) is 0 Å². The van der Waals surface area contributed by atoms with Gasteiger partial charge in [0.25, 0.3) is 0 Å². The molecule has 0 aliphatic heterocycles. The average Bonchev–Trinajstić information content (AvgIpc) is 3.82. The minimum absolute atomic E-state index is 0.637. The van der Waals surface area contributed by atoms with Crippen molar-refractivity contribution < 1.29 is 4.42 Å². The highest BCUT2D eigenvalue weighted by molar-refractivity contribution is 7.25. The van der Waals surface area contributed by atoms with Gasteiger partial charge in [0.15, 0.2) is 17.5 Å². The van der Waals surface area contributed by atoms with E-state index in [4.69, 9.17) is 19.4 Å². The predicted molar refractivity (Wildman–Crippen MR) is 225 cm³/mol. The zero-order valence-corrected chi connectivity index (χ0v) is 29.7. The fourth-order valence-electron chi connectivity index (χ4n) is 7.90. The summed E-state index contributed by atoms with van der Waals surface area (Å²) in [5.74, 6) is 1.94. The van der Waals surface area contributed by atoms with E-state index < -0.39 is 0 Å². The van der Waals surface area contributed by atoms with E-state index in [1.165, 1.54) is 25.7 Å². The van der Waals surface area contributed by atoms with Crippen LogP contribution in [-0.4, -0.2) is 15.0 Å². The first-order valence-electron chi connectivity index (χ1n) is 18.0. The highest BCUT2D eigenvalue weighted by atomic mass is 32.1. The normalized spacial score (nSPS) is 11.7. The Morgan fingerprint density at radius 2 is 0.926 bits per heavy atom. The Morgan fingerprint density at radius 3 is 1.76 bits per heavy atom. The quantitative estimate of drug-likeness (QED) is 0.179. The van der Waals surface area contributed by atoms with E-state index in [1.807, 2.05) is 24.3 Å². The van der Waals surface area contributed by atoms with Gasteiger partial charge in [-0.2, -0.15) is 0 Å². The summed E-state index contributed by atoms with van der Waals surface area (Å²) < 4.78 is 8.90. The van der Waals surface area contributed by atoms with Crippen LogP contribution in [0.15, 0.2) is 180 Å². The van der Waals surface area contributed by atoms with Gasteiger partial charge in [0, 0.05) is 47.6 Å². The van der Waals surface area contributed by atoms with Crippen LogP contribution in [0.4, 0.5) is 0 Å². The number of hydrogen-bond acceptors (Lipinski definition) is 5. The molecule has 0 spiro atoms. The standard InChI is InChI=1S/C49H29N3OS/c1-3-13-30(14-4-1)32-27-28-41-40(29-32)45-36(21-11-24-42(45)53-41)34-19-9-20-35-33(34)18-10-22-37(35)48-50-47(31-15-5-2-6-16-31)51-49(52-48)39-23-12-26-44-46(39)38-17-7-8-25-43(38)54-44/h1-29H. The number of thiophene rings is 1. The smallest absolute Gasteiger partial charge is 0.164 e. The molecular formula is C49H29N3OS. The predicted octanol–water partition coefficient (Wildman–Crippen LogP) is 13.6. The second-order valence-electron chi connectivity index (χ2n) is 13.5. The zero-order valence-electron chi connectivity index (χ0n) is 28.9. The number of nitrogens with zero attached hydrogens (tertiary/aromatic N) is 3. The highest BCUT2D eigenvalue weighted by Crippen LogP contribution is 2.43.